The highest BCUT2D eigenvalue weighted by Gasteiger charge is 2.21. The van der Waals surface area contributed by atoms with Crippen LogP contribution in [0.25, 0.3) is 0 Å². The van der Waals surface area contributed by atoms with Gasteiger partial charge in [-0.2, -0.15) is 0 Å². The molecule has 1 aromatic carbocycles. The van der Waals surface area contributed by atoms with Gasteiger partial charge in [0, 0.05) is 24.5 Å². The maximum atomic E-state index is 12.3. The second kappa shape index (κ2) is 9.07. The molecule has 0 aliphatic carbocycles. The van der Waals surface area contributed by atoms with E-state index in [-0.39, 0.29) is 24.3 Å². The molecule has 1 aliphatic heterocycles. The van der Waals surface area contributed by atoms with Gasteiger partial charge in [0.15, 0.2) is 0 Å². The third-order valence-corrected chi connectivity index (χ3v) is 4.91. The Bertz CT molecular complexity index is 551. The number of carbonyl (C=O) groups excluding carboxylic acids is 2. The number of nitrogens with one attached hydrogen (secondary N) is 1. The molecule has 1 saturated heterocycles. The van der Waals surface area contributed by atoms with E-state index in [0.29, 0.717) is 17.4 Å². The summed E-state index contributed by atoms with van der Waals surface area (Å²) in [5.74, 6) is 0.395. The summed E-state index contributed by atoms with van der Waals surface area (Å²) in [5.41, 5.74) is 1.10. The Morgan fingerprint density at radius 3 is 2.33 bits per heavy atom. The zero-order chi connectivity index (χ0) is 17.5. The molecule has 1 heterocycles. The van der Waals surface area contributed by atoms with Crippen LogP contribution in [0.5, 0.6) is 0 Å². The van der Waals surface area contributed by atoms with E-state index in [9.17, 15) is 9.59 Å². The number of halogens is 1. The van der Waals surface area contributed by atoms with Crippen LogP contribution >= 0.6 is 11.6 Å². The number of nitrogens with zero attached hydrogens (tertiary/aromatic N) is 1. The maximum absolute atomic E-state index is 12.3. The zero-order valence-electron chi connectivity index (χ0n) is 14.6. The van der Waals surface area contributed by atoms with Crippen LogP contribution in [0.15, 0.2) is 24.3 Å². The van der Waals surface area contributed by atoms with Crippen LogP contribution < -0.4 is 5.32 Å². The number of hydrogen-bond donors (Lipinski definition) is 1. The fourth-order valence-corrected chi connectivity index (χ4v) is 3.28. The molecule has 0 spiro atoms. The average molecular weight is 351 g/mol. The van der Waals surface area contributed by atoms with E-state index in [4.69, 9.17) is 11.6 Å². The molecule has 1 N–H and O–H groups in total. The van der Waals surface area contributed by atoms with Gasteiger partial charge in [-0.3, -0.25) is 9.59 Å². The van der Waals surface area contributed by atoms with Crippen molar-refractivity contribution in [3.63, 3.8) is 0 Å². The largest absolute Gasteiger partial charge is 0.347 e. The fraction of sp³-hybridized carbons (Fsp3) is 0.579. The van der Waals surface area contributed by atoms with E-state index in [2.05, 4.69) is 19.2 Å². The molecule has 0 saturated carbocycles. The van der Waals surface area contributed by atoms with Crippen molar-refractivity contribution < 1.29 is 9.59 Å². The van der Waals surface area contributed by atoms with Gasteiger partial charge in [0.1, 0.15) is 0 Å². The van der Waals surface area contributed by atoms with E-state index < -0.39 is 0 Å². The van der Waals surface area contributed by atoms with Crippen LogP contribution in [0.1, 0.15) is 51.0 Å². The monoisotopic (exact) mass is 350 g/mol. The molecule has 2 amide bonds. The fourth-order valence-electron chi connectivity index (χ4n) is 3.15. The molecule has 1 aliphatic rings. The van der Waals surface area contributed by atoms with E-state index >= 15 is 0 Å². The molecule has 0 bridgehead atoms. The van der Waals surface area contributed by atoms with Gasteiger partial charge in [-0.25, -0.2) is 0 Å². The minimum absolute atomic E-state index is 0.0237. The lowest BCUT2D eigenvalue weighted by Crippen LogP contribution is -2.42. The van der Waals surface area contributed by atoms with Crippen LogP contribution in [0.2, 0.25) is 5.02 Å². The van der Waals surface area contributed by atoms with E-state index in [1.165, 1.54) is 6.42 Å². The SMILES string of the molecule is CC(C)C(CC(=O)NCC(=O)N1CCCCC1)c1ccc(Cl)cc1. The van der Waals surface area contributed by atoms with Crippen LogP contribution in [0, 0.1) is 5.92 Å². The molecule has 1 unspecified atom stereocenters. The number of rotatable bonds is 6. The van der Waals surface area contributed by atoms with Crippen molar-refractivity contribution in [2.75, 3.05) is 19.6 Å². The molecule has 24 heavy (non-hydrogen) atoms. The first kappa shape index (κ1) is 18.8. The zero-order valence-corrected chi connectivity index (χ0v) is 15.3. The Morgan fingerprint density at radius 1 is 1.12 bits per heavy atom. The van der Waals surface area contributed by atoms with E-state index in [1.807, 2.05) is 29.2 Å². The molecule has 1 aromatic rings. The third kappa shape index (κ3) is 5.52. The first-order chi connectivity index (χ1) is 11.5. The van der Waals surface area contributed by atoms with Gasteiger partial charge in [-0.1, -0.05) is 37.6 Å². The van der Waals surface area contributed by atoms with Crippen LogP contribution in [0.3, 0.4) is 0 Å². The van der Waals surface area contributed by atoms with Gasteiger partial charge in [0.25, 0.3) is 0 Å². The van der Waals surface area contributed by atoms with Crippen molar-refractivity contribution in [2.24, 2.45) is 5.92 Å². The Labute approximate surface area is 149 Å². The van der Waals surface area contributed by atoms with Crippen molar-refractivity contribution in [1.29, 1.82) is 0 Å². The first-order valence-electron chi connectivity index (χ1n) is 8.77. The number of benzene rings is 1. The third-order valence-electron chi connectivity index (χ3n) is 4.65. The number of carbonyl (C=O) groups is 2. The molecular weight excluding hydrogens is 324 g/mol. The first-order valence-corrected chi connectivity index (χ1v) is 9.15. The number of amides is 2. The highest BCUT2D eigenvalue weighted by atomic mass is 35.5. The summed E-state index contributed by atoms with van der Waals surface area (Å²) in [5, 5.41) is 3.48. The Kier molecular flexibility index (Phi) is 7.10. The lowest BCUT2D eigenvalue weighted by atomic mass is 9.85. The molecular formula is C19H27ClN2O2. The summed E-state index contributed by atoms with van der Waals surface area (Å²) in [6, 6.07) is 7.65. The summed E-state index contributed by atoms with van der Waals surface area (Å²) in [6.07, 6.45) is 3.69. The topological polar surface area (TPSA) is 49.4 Å². The lowest BCUT2D eigenvalue weighted by Gasteiger charge is -2.27. The van der Waals surface area contributed by atoms with Crippen LogP contribution in [-0.4, -0.2) is 36.3 Å². The standard InChI is InChI=1S/C19H27ClN2O2/c1-14(2)17(15-6-8-16(20)9-7-15)12-18(23)21-13-19(24)22-10-4-3-5-11-22/h6-9,14,17H,3-5,10-13H2,1-2H3,(H,21,23). The van der Waals surface area contributed by atoms with Gasteiger partial charge in [0.2, 0.25) is 11.8 Å². The normalized spacial score (nSPS) is 16.1. The molecule has 0 radical (unpaired) electrons. The number of hydrogen-bond acceptors (Lipinski definition) is 2. The second-order valence-electron chi connectivity index (χ2n) is 6.82. The van der Waals surface area contributed by atoms with Gasteiger partial charge in [-0.05, 0) is 48.8 Å². The smallest absolute Gasteiger partial charge is 0.241 e. The average Bonchev–Trinajstić information content (AvgIpc) is 2.59. The molecule has 2 rings (SSSR count). The Morgan fingerprint density at radius 2 is 1.75 bits per heavy atom. The van der Waals surface area contributed by atoms with Crippen LogP contribution in [0.4, 0.5) is 0 Å². The molecule has 0 aromatic heterocycles. The van der Waals surface area contributed by atoms with Gasteiger partial charge in [0.05, 0.1) is 6.54 Å². The molecule has 5 heteroatoms. The quantitative estimate of drug-likeness (QED) is 0.852. The summed E-state index contributed by atoms with van der Waals surface area (Å²) < 4.78 is 0. The molecule has 132 valence electrons. The van der Waals surface area contributed by atoms with Gasteiger partial charge in [-0.15, -0.1) is 0 Å². The maximum Gasteiger partial charge on any atom is 0.241 e. The second-order valence-corrected chi connectivity index (χ2v) is 7.26. The van der Waals surface area contributed by atoms with Crippen molar-refractivity contribution in [3.05, 3.63) is 34.9 Å². The summed E-state index contributed by atoms with van der Waals surface area (Å²) >= 11 is 5.94. The number of likely N-dealkylation sites (tertiary alicyclic amines) is 1. The summed E-state index contributed by atoms with van der Waals surface area (Å²) in [7, 11) is 0. The van der Waals surface area contributed by atoms with E-state index in [1.54, 1.807) is 0 Å². The molecule has 1 fully saturated rings. The predicted octanol–water partition coefficient (Wildman–Crippen LogP) is 3.60. The molecule has 4 nitrogen and oxygen atoms in total. The van der Waals surface area contributed by atoms with Crippen LogP contribution in [-0.2, 0) is 9.59 Å². The predicted molar refractivity (Wildman–Crippen MR) is 97.1 cm³/mol. The Balaban J connectivity index is 1.86. The highest BCUT2D eigenvalue weighted by molar-refractivity contribution is 6.30. The minimum Gasteiger partial charge on any atom is -0.347 e. The van der Waals surface area contributed by atoms with Crippen molar-refractivity contribution in [2.45, 2.75) is 45.4 Å². The van der Waals surface area contributed by atoms with Crippen molar-refractivity contribution in [1.82, 2.24) is 10.2 Å². The van der Waals surface area contributed by atoms with Crippen molar-refractivity contribution >= 4 is 23.4 Å². The number of piperidine rings is 1. The van der Waals surface area contributed by atoms with Crippen molar-refractivity contribution in [3.8, 4) is 0 Å². The Hall–Kier alpha value is -1.55. The summed E-state index contributed by atoms with van der Waals surface area (Å²) in [4.78, 5) is 26.3. The van der Waals surface area contributed by atoms with Gasteiger partial charge >= 0.3 is 0 Å². The summed E-state index contributed by atoms with van der Waals surface area (Å²) in [6.45, 7) is 5.93. The highest BCUT2D eigenvalue weighted by Crippen LogP contribution is 2.28. The van der Waals surface area contributed by atoms with Gasteiger partial charge < -0.3 is 10.2 Å². The minimum atomic E-state index is -0.0750. The molecule has 1 atom stereocenters. The lowest BCUT2D eigenvalue weighted by molar-refractivity contribution is -0.133. The van der Waals surface area contributed by atoms with E-state index in [0.717, 1.165) is 31.5 Å².